The number of nitrogens with zero attached hydrogens (tertiary/aromatic N) is 3. The van der Waals surface area contributed by atoms with E-state index in [0.717, 1.165) is 41.4 Å². The van der Waals surface area contributed by atoms with E-state index in [9.17, 15) is 34.6 Å². The minimum Gasteiger partial charge on any atom is -0.422 e. The molecule has 1 fully saturated rings. The Bertz CT molecular complexity index is 1400. The molecule has 3 aromatic carbocycles. The number of carbonyl (C=O) groups is 3. The van der Waals surface area contributed by atoms with Crippen molar-refractivity contribution in [3.63, 3.8) is 0 Å². The van der Waals surface area contributed by atoms with Gasteiger partial charge in [-0.1, -0.05) is 18.2 Å². The Kier molecular flexibility index (Phi) is 6.01. The Balaban J connectivity index is 1.68. The fourth-order valence-corrected chi connectivity index (χ4v) is 3.20. The van der Waals surface area contributed by atoms with E-state index in [4.69, 9.17) is 4.74 Å². The van der Waals surface area contributed by atoms with Gasteiger partial charge < -0.3 is 4.74 Å². The molecule has 35 heavy (non-hydrogen) atoms. The van der Waals surface area contributed by atoms with Gasteiger partial charge in [0, 0.05) is 29.8 Å². The predicted molar refractivity (Wildman–Crippen MR) is 121 cm³/mol. The van der Waals surface area contributed by atoms with Crippen LogP contribution in [0.3, 0.4) is 0 Å². The van der Waals surface area contributed by atoms with E-state index in [1.807, 2.05) is 0 Å². The van der Waals surface area contributed by atoms with Crippen LogP contribution in [0, 0.1) is 20.2 Å². The second-order valence-corrected chi connectivity index (χ2v) is 7.15. The standard InChI is InChI=1S/C23H14N4O8/c28-21-19(22(29)25(24-21)16-4-2-1-3-5-16)13-15-12-18(27(33)34)10-11-20(15)35-23(30)14-6-8-17(9-7-14)26(31)32/h1-13H,(H,24,28)/b19-13-. The number of hydrogen-bond acceptors (Lipinski definition) is 8. The van der Waals surface area contributed by atoms with Crippen LogP contribution in [0.5, 0.6) is 5.75 Å². The van der Waals surface area contributed by atoms with Crippen molar-refractivity contribution in [1.82, 2.24) is 5.43 Å². The van der Waals surface area contributed by atoms with Crippen LogP contribution in [0.4, 0.5) is 17.1 Å². The van der Waals surface area contributed by atoms with Gasteiger partial charge in [0.2, 0.25) is 0 Å². The van der Waals surface area contributed by atoms with Gasteiger partial charge in [-0.15, -0.1) is 0 Å². The van der Waals surface area contributed by atoms with E-state index < -0.39 is 27.6 Å². The number of carbonyl (C=O) groups excluding carboxylic acids is 3. The number of esters is 1. The first-order valence-corrected chi connectivity index (χ1v) is 9.92. The van der Waals surface area contributed by atoms with Gasteiger partial charge in [-0.05, 0) is 36.4 Å². The molecule has 174 valence electrons. The lowest BCUT2D eigenvalue weighted by Crippen LogP contribution is -2.35. The topological polar surface area (TPSA) is 162 Å². The lowest BCUT2D eigenvalue weighted by molar-refractivity contribution is -0.385. The maximum Gasteiger partial charge on any atom is 0.343 e. The van der Waals surface area contributed by atoms with Gasteiger partial charge in [0.1, 0.15) is 11.3 Å². The van der Waals surface area contributed by atoms with Crippen molar-refractivity contribution in [3.8, 4) is 5.75 Å². The summed E-state index contributed by atoms with van der Waals surface area (Å²) >= 11 is 0. The normalized spacial score (nSPS) is 14.1. The van der Waals surface area contributed by atoms with Crippen LogP contribution in [0.2, 0.25) is 0 Å². The number of rotatable bonds is 6. The number of benzene rings is 3. The molecule has 1 aliphatic heterocycles. The summed E-state index contributed by atoms with van der Waals surface area (Å²) in [7, 11) is 0. The maximum absolute atomic E-state index is 12.9. The van der Waals surface area contributed by atoms with E-state index in [2.05, 4.69) is 5.43 Å². The highest BCUT2D eigenvalue weighted by Gasteiger charge is 2.34. The van der Waals surface area contributed by atoms with Crippen molar-refractivity contribution < 1.29 is 29.0 Å². The van der Waals surface area contributed by atoms with Gasteiger partial charge in [-0.25, -0.2) is 9.80 Å². The Hall–Kier alpha value is -5.39. The van der Waals surface area contributed by atoms with Gasteiger partial charge in [0.05, 0.1) is 21.1 Å². The summed E-state index contributed by atoms with van der Waals surface area (Å²) in [4.78, 5) is 58.7. The van der Waals surface area contributed by atoms with Crippen LogP contribution < -0.4 is 15.2 Å². The zero-order valence-corrected chi connectivity index (χ0v) is 17.6. The molecule has 0 atom stereocenters. The number of non-ortho nitro benzene ring substituents is 2. The first kappa shape index (κ1) is 22.8. The fourth-order valence-electron chi connectivity index (χ4n) is 3.20. The summed E-state index contributed by atoms with van der Waals surface area (Å²) in [5.41, 5.74) is 1.81. The number of amides is 2. The molecule has 4 rings (SSSR count). The van der Waals surface area contributed by atoms with Crippen molar-refractivity contribution in [1.29, 1.82) is 0 Å². The lowest BCUT2D eigenvalue weighted by Gasteiger charge is -2.13. The smallest absolute Gasteiger partial charge is 0.343 e. The number of nitro benzene ring substituents is 2. The summed E-state index contributed by atoms with van der Waals surface area (Å²) in [5.74, 6) is -2.52. The maximum atomic E-state index is 12.9. The minimum atomic E-state index is -0.901. The van der Waals surface area contributed by atoms with E-state index in [1.54, 1.807) is 30.3 Å². The first-order chi connectivity index (χ1) is 16.7. The van der Waals surface area contributed by atoms with Gasteiger partial charge in [-0.3, -0.25) is 35.2 Å². The van der Waals surface area contributed by atoms with Gasteiger partial charge in [-0.2, -0.15) is 0 Å². The molecule has 1 aliphatic rings. The monoisotopic (exact) mass is 474 g/mol. The average molecular weight is 474 g/mol. The van der Waals surface area contributed by atoms with E-state index in [1.165, 1.54) is 12.1 Å². The Morgan fingerprint density at radius 3 is 2.14 bits per heavy atom. The van der Waals surface area contributed by atoms with Gasteiger partial charge in [0.25, 0.3) is 23.2 Å². The lowest BCUT2D eigenvalue weighted by atomic mass is 10.1. The largest absolute Gasteiger partial charge is 0.422 e. The van der Waals surface area contributed by atoms with Crippen molar-refractivity contribution >= 4 is 40.9 Å². The Morgan fingerprint density at radius 1 is 0.886 bits per heavy atom. The van der Waals surface area contributed by atoms with Crippen LogP contribution in [0.1, 0.15) is 15.9 Å². The number of nitro groups is 2. The van der Waals surface area contributed by atoms with Crippen molar-refractivity contribution in [2.75, 3.05) is 5.01 Å². The summed E-state index contributed by atoms with van der Waals surface area (Å²) in [5, 5.41) is 23.1. The highest BCUT2D eigenvalue weighted by molar-refractivity contribution is 6.31. The quantitative estimate of drug-likeness (QED) is 0.142. The molecule has 1 saturated heterocycles. The van der Waals surface area contributed by atoms with Gasteiger partial charge >= 0.3 is 5.97 Å². The highest BCUT2D eigenvalue weighted by Crippen LogP contribution is 2.29. The van der Waals surface area contributed by atoms with Crippen molar-refractivity contribution in [3.05, 3.63) is 110 Å². The second-order valence-electron chi connectivity index (χ2n) is 7.15. The summed E-state index contributed by atoms with van der Waals surface area (Å²) in [6.45, 7) is 0. The molecular weight excluding hydrogens is 460 g/mol. The summed E-state index contributed by atoms with van der Waals surface area (Å²) in [6.07, 6.45) is 1.09. The molecule has 1 heterocycles. The molecule has 2 amide bonds. The number of ether oxygens (including phenoxy) is 1. The van der Waals surface area contributed by atoms with Crippen molar-refractivity contribution in [2.24, 2.45) is 0 Å². The molecule has 0 radical (unpaired) electrons. The molecule has 0 spiro atoms. The molecule has 0 bridgehead atoms. The minimum absolute atomic E-state index is 0.0162. The molecule has 0 saturated carbocycles. The second kappa shape index (κ2) is 9.23. The van der Waals surface area contributed by atoms with Crippen LogP contribution in [-0.4, -0.2) is 27.6 Å². The van der Waals surface area contributed by atoms with Crippen molar-refractivity contribution in [2.45, 2.75) is 0 Å². The number of hydrogen-bond donors (Lipinski definition) is 1. The molecule has 3 aromatic rings. The Morgan fingerprint density at radius 2 is 1.51 bits per heavy atom. The van der Waals surface area contributed by atoms with Gasteiger partial charge in [0.15, 0.2) is 0 Å². The molecule has 0 aromatic heterocycles. The molecular formula is C23H14N4O8. The van der Waals surface area contributed by atoms with Crippen LogP contribution in [0.15, 0.2) is 78.4 Å². The number of nitrogens with one attached hydrogen (secondary N) is 1. The summed E-state index contributed by atoms with van der Waals surface area (Å²) < 4.78 is 5.33. The Labute approximate surface area is 196 Å². The number of anilines is 1. The zero-order valence-electron chi connectivity index (χ0n) is 17.6. The third-order valence-electron chi connectivity index (χ3n) is 4.93. The third kappa shape index (κ3) is 4.71. The van der Waals surface area contributed by atoms with Crippen LogP contribution in [0.25, 0.3) is 6.08 Å². The summed E-state index contributed by atoms with van der Waals surface area (Å²) in [6, 6.07) is 16.2. The molecule has 12 heteroatoms. The first-order valence-electron chi connectivity index (χ1n) is 9.92. The predicted octanol–water partition coefficient (Wildman–Crippen LogP) is 3.18. The number of para-hydroxylation sites is 1. The molecule has 1 N–H and O–H groups in total. The molecule has 0 aliphatic carbocycles. The zero-order chi connectivity index (χ0) is 25.1. The highest BCUT2D eigenvalue weighted by atomic mass is 16.6. The van der Waals surface area contributed by atoms with Crippen LogP contribution in [-0.2, 0) is 9.59 Å². The molecule has 0 unspecified atom stereocenters. The SMILES string of the molecule is O=C1NN(c2ccccc2)C(=O)/C1=C\c1cc([N+](=O)[O-])ccc1OC(=O)c1ccc([N+](=O)[O-])cc1. The van der Waals surface area contributed by atoms with E-state index in [-0.39, 0.29) is 33.8 Å². The third-order valence-corrected chi connectivity index (χ3v) is 4.93. The van der Waals surface area contributed by atoms with E-state index in [0.29, 0.717) is 5.69 Å². The molecule has 12 nitrogen and oxygen atoms in total. The van der Waals surface area contributed by atoms with E-state index >= 15 is 0 Å². The van der Waals surface area contributed by atoms with Crippen LogP contribution >= 0.6 is 0 Å². The fraction of sp³-hybridized carbons (Fsp3) is 0. The number of hydrazine groups is 1. The average Bonchev–Trinajstić information content (AvgIpc) is 3.13.